The van der Waals surface area contributed by atoms with E-state index in [-0.39, 0.29) is 10.8 Å². The van der Waals surface area contributed by atoms with Crippen LogP contribution in [0.5, 0.6) is 11.5 Å². The van der Waals surface area contributed by atoms with Gasteiger partial charge in [-0.15, -0.1) is 0 Å². The summed E-state index contributed by atoms with van der Waals surface area (Å²) in [4.78, 5) is 8.69. The topological polar surface area (TPSA) is 58.9 Å². The first kappa shape index (κ1) is 17.8. The molecule has 0 aromatic heterocycles. The van der Waals surface area contributed by atoms with Gasteiger partial charge in [-0.25, -0.2) is 10.5 Å². The number of benzene rings is 2. The van der Waals surface area contributed by atoms with E-state index in [2.05, 4.69) is 30.5 Å². The van der Waals surface area contributed by atoms with Crippen LogP contribution in [0.4, 0.5) is 0 Å². The minimum absolute atomic E-state index is 0.122. The molecule has 0 amide bonds. The summed E-state index contributed by atoms with van der Waals surface area (Å²) in [5, 5.41) is 17.7. The molecule has 0 heterocycles. The van der Waals surface area contributed by atoms with Gasteiger partial charge in [0.1, 0.15) is 0 Å². The van der Waals surface area contributed by atoms with E-state index in [0.717, 1.165) is 12.8 Å². The van der Waals surface area contributed by atoms with Crippen molar-refractivity contribution in [2.75, 3.05) is 0 Å². The molecule has 2 aromatic rings. The molecule has 2 aromatic carbocycles. The SMILES string of the molecule is CC1CC(C)(C)CC(c2ccc(OO)cc2)(c2ccc(OO)cc2)C1. The van der Waals surface area contributed by atoms with Gasteiger partial charge in [-0.2, -0.15) is 0 Å². The van der Waals surface area contributed by atoms with Crippen molar-refractivity contribution >= 4 is 0 Å². The lowest BCUT2D eigenvalue weighted by Gasteiger charge is -2.48. The van der Waals surface area contributed by atoms with Gasteiger partial charge in [-0.3, -0.25) is 0 Å². The molecule has 0 radical (unpaired) electrons. The first-order valence-corrected chi connectivity index (χ1v) is 8.72. The van der Waals surface area contributed by atoms with Crippen molar-refractivity contribution in [3.63, 3.8) is 0 Å². The lowest BCUT2D eigenvalue weighted by molar-refractivity contribution is -0.137. The van der Waals surface area contributed by atoms with Crippen molar-refractivity contribution in [2.24, 2.45) is 11.3 Å². The molecule has 0 bridgehead atoms. The van der Waals surface area contributed by atoms with Crippen molar-refractivity contribution < 1.29 is 20.3 Å². The standard InChI is InChI=1S/C21H26O4/c1-15-12-20(2,3)14-21(13-15,16-4-8-18(24-22)9-5-16)17-6-10-19(25-23)11-7-17/h4-11,15,22-23H,12-14H2,1-3H3. The van der Waals surface area contributed by atoms with Gasteiger partial charge in [0.2, 0.25) is 0 Å². The smallest absolute Gasteiger partial charge is 0.165 e. The van der Waals surface area contributed by atoms with Gasteiger partial charge in [0.15, 0.2) is 11.5 Å². The van der Waals surface area contributed by atoms with Crippen LogP contribution >= 0.6 is 0 Å². The Kier molecular flexibility index (Phi) is 4.76. The maximum Gasteiger partial charge on any atom is 0.165 e. The predicted molar refractivity (Wildman–Crippen MR) is 97.0 cm³/mol. The van der Waals surface area contributed by atoms with Gasteiger partial charge < -0.3 is 9.78 Å². The summed E-state index contributed by atoms with van der Waals surface area (Å²) in [5.74, 6) is 1.46. The highest BCUT2D eigenvalue weighted by Gasteiger charge is 2.45. The van der Waals surface area contributed by atoms with Crippen LogP contribution in [0.25, 0.3) is 0 Å². The average molecular weight is 342 g/mol. The molecule has 1 aliphatic rings. The molecule has 0 spiro atoms. The van der Waals surface area contributed by atoms with Crippen LogP contribution in [-0.2, 0) is 5.41 Å². The zero-order valence-corrected chi connectivity index (χ0v) is 15.0. The third-order valence-electron chi connectivity index (χ3n) is 5.40. The summed E-state index contributed by atoms with van der Waals surface area (Å²) in [6.45, 7) is 6.97. The van der Waals surface area contributed by atoms with Gasteiger partial charge in [0, 0.05) is 5.41 Å². The summed E-state index contributed by atoms with van der Waals surface area (Å²) in [6, 6.07) is 15.4. The molecule has 4 nitrogen and oxygen atoms in total. The molecule has 1 fully saturated rings. The second-order valence-corrected chi connectivity index (χ2v) is 8.17. The van der Waals surface area contributed by atoms with E-state index in [4.69, 9.17) is 10.5 Å². The highest BCUT2D eigenvalue weighted by molar-refractivity contribution is 5.44. The molecule has 0 saturated heterocycles. The summed E-state index contributed by atoms with van der Waals surface area (Å²) < 4.78 is 0. The maximum atomic E-state index is 8.87. The molecule has 25 heavy (non-hydrogen) atoms. The fourth-order valence-electron chi connectivity index (χ4n) is 4.85. The van der Waals surface area contributed by atoms with Crippen LogP contribution < -0.4 is 9.78 Å². The first-order chi connectivity index (χ1) is 11.9. The van der Waals surface area contributed by atoms with Crippen molar-refractivity contribution in [3.05, 3.63) is 59.7 Å². The second kappa shape index (κ2) is 6.70. The fourth-order valence-corrected chi connectivity index (χ4v) is 4.85. The summed E-state index contributed by atoms with van der Waals surface area (Å²) in [5.41, 5.74) is 2.52. The lowest BCUT2D eigenvalue weighted by Crippen LogP contribution is -2.41. The normalized spacial score (nSPS) is 21.6. The Morgan fingerprint density at radius 3 is 1.60 bits per heavy atom. The van der Waals surface area contributed by atoms with Crippen LogP contribution in [0.3, 0.4) is 0 Å². The Labute approximate surface area is 148 Å². The molecule has 4 heteroatoms. The zero-order chi connectivity index (χ0) is 18.1. The number of rotatable bonds is 4. The summed E-state index contributed by atoms with van der Waals surface area (Å²) >= 11 is 0. The molecule has 2 N–H and O–H groups in total. The van der Waals surface area contributed by atoms with Crippen LogP contribution in [0.1, 0.15) is 51.2 Å². The number of hydrogen-bond donors (Lipinski definition) is 2. The van der Waals surface area contributed by atoms with Crippen molar-refractivity contribution in [1.29, 1.82) is 0 Å². The van der Waals surface area contributed by atoms with Gasteiger partial charge in [-0.05, 0) is 66.0 Å². The Morgan fingerprint density at radius 1 is 0.800 bits per heavy atom. The van der Waals surface area contributed by atoms with Crippen LogP contribution in [0, 0.1) is 11.3 Å². The lowest BCUT2D eigenvalue weighted by atomic mass is 9.55. The summed E-state index contributed by atoms with van der Waals surface area (Å²) in [7, 11) is 0. The van der Waals surface area contributed by atoms with E-state index in [1.165, 1.54) is 17.5 Å². The Hall–Kier alpha value is -2.04. The van der Waals surface area contributed by atoms with E-state index in [9.17, 15) is 0 Å². The van der Waals surface area contributed by atoms with Crippen molar-refractivity contribution in [1.82, 2.24) is 0 Å². The zero-order valence-electron chi connectivity index (χ0n) is 15.0. The third-order valence-corrected chi connectivity index (χ3v) is 5.40. The molecule has 1 atom stereocenters. The van der Waals surface area contributed by atoms with Crippen LogP contribution in [0.15, 0.2) is 48.5 Å². The van der Waals surface area contributed by atoms with Crippen molar-refractivity contribution in [3.8, 4) is 11.5 Å². The Morgan fingerprint density at radius 2 is 1.24 bits per heavy atom. The van der Waals surface area contributed by atoms with Gasteiger partial charge in [-0.1, -0.05) is 45.0 Å². The van der Waals surface area contributed by atoms with E-state index in [0.29, 0.717) is 17.4 Å². The predicted octanol–water partition coefficient (Wildman–Crippen LogP) is 5.52. The molecule has 134 valence electrons. The maximum absolute atomic E-state index is 8.87. The molecule has 1 unspecified atom stereocenters. The summed E-state index contributed by atoms with van der Waals surface area (Å²) in [6.07, 6.45) is 3.28. The van der Waals surface area contributed by atoms with Gasteiger partial charge in [0.25, 0.3) is 0 Å². The largest absolute Gasteiger partial charge is 0.340 e. The average Bonchev–Trinajstić information content (AvgIpc) is 2.60. The minimum Gasteiger partial charge on any atom is -0.340 e. The Bertz CT molecular complexity index is 656. The van der Waals surface area contributed by atoms with E-state index in [1.54, 1.807) is 24.3 Å². The van der Waals surface area contributed by atoms with Crippen LogP contribution in [0.2, 0.25) is 0 Å². The highest BCUT2D eigenvalue weighted by Crippen LogP contribution is 2.53. The highest BCUT2D eigenvalue weighted by atomic mass is 17.1. The Balaban J connectivity index is 2.12. The molecule has 1 aliphatic carbocycles. The van der Waals surface area contributed by atoms with Crippen molar-refractivity contribution in [2.45, 2.75) is 45.4 Å². The number of hydrogen-bond acceptors (Lipinski definition) is 4. The van der Waals surface area contributed by atoms with E-state index in [1.807, 2.05) is 24.3 Å². The van der Waals surface area contributed by atoms with E-state index >= 15 is 0 Å². The molecular formula is C21H26O4. The molecule has 0 aliphatic heterocycles. The van der Waals surface area contributed by atoms with Crippen LogP contribution in [-0.4, -0.2) is 10.5 Å². The third kappa shape index (κ3) is 3.51. The van der Waals surface area contributed by atoms with E-state index < -0.39 is 0 Å². The molecule has 3 rings (SSSR count). The van der Waals surface area contributed by atoms with Gasteiger partial charge >= 0.3 is 0 Å². The monoisotopic (exact) mass is 342 g/mol. The first-order valence-electron chi connectivity index (χ1n) is 8.72. The van der Waals surface area contributed by atoms with Gasteiger partial charge in [0.05, 0.1) is 0 Å². The molecular weight excluding hydrogens is 316 g/mol. The second-order valence-electron chi connectivity index (χ2n) is 8.17. The fraction of sp³-hybridized carbons (Fsp3) is 0.429. The molecule has 1 saturated carbocycles. The minimum atomic E-state index is -0.122. The quantitative estimate of drug-likeness (QED) is 0.567.